The zero-order valence-corrected chi connectivity index (χ0v) is 16.7. The summed E-state index contributed by atoms with van der Waals surface area (Å²) in [5.41, 5.74) is 2.23. The van der Waals surface area contributed by atoms with Crippen LogP contribution in [0.3, 0.4) is 0 Å². The van der Waals surface area contributed by atoms with E-state index in [4.69, 9.17) is 17.0 Å². The maximum Gasteiger partial charge on any atom is 0.316 e. The molecule has 1 amide bonds. The smallest absolute Gasteiger partial charge is 0.316 e. The van der Waals surface area contributed by atoms with Gasteiger partial charge in [0.05, 0.1) is 5.75 Å². The van der Waals surface area contributed by atoms with Crippen LogP contribution in [-0.2, 0) is 20.7 Å². The van der Waals surface area contributed by atoms with E-state index in [1.54, 1.807) is 0 Å². The minimum absolute atomic E-state index is 0.137. The second-order valence-corrected chi connectivity index (χ2v) is 7.98. The number of para-hydroxylation sites is 1. The van der Waals surface area contributed by atoms with E-state index < -0.39 is 5.97 Å². The van der Waals surface area contributed by atoms with Gasteiger partial charge in [0.25, 0.3) is 5.91 Å². The van der Waals surface area contributed by atoms with Gasteiger partial charge in [-0.1, -0.05) is 42.2 Å². The number of aromatic amines is 1. The lowest BCUT2D eigenvalue weighted by Gasteiger charge is -2.17. The number of nitrogens with one attached hydrogen (secondary N) is 2. The predicted octanol–water partition coefficient (Wildman–Crippen LogP) is 2.48. The summed E-state index contributed by atoms with van der Waals surface area (Å²) in [7, 11) is 0. The van der Waals surface area contributed by atoms with Crippen molar-refractivity contribution in [1.82, 2.24) is 15.2 Å². The molecule has 1 fully saturated rings. The molecule has 2 N–H and O–H groups in total. The van der Waals surface area contributed by atoms with Crippen LogP contribution in [0.15, 0.2) is 30.5 Å². The van der Waals surface area contributed by atoms with Crippen molar-refractivity contribution in [1.29, 1.82) is 0 Å². The minimum atomic E-state index is -0.423. The van der Waals surface area contributed by atoms with Gasteiger partial charge in [0, 0.05) is 36.7 Å². The number of likely N-dealkylation sites (tertiary alicyclic amines) is 1. The van der Waals surface area contributed by atoms with Crippen LogP contribution in [0.4, 0.5) is 0 Å². The number of benzene rings is 1. The number of amides is 1. The maximum atomic E-state index is 11.8. The second kappa shape index (κ2) is 9.75. The summed E-state index contributed by atoms with van der Waals surface area (Å²) in [4.78, 5) is 28.9. The largest absolute Gasteiger partial charge is 0.455 e. The van der Waals surface area contributed by atoms with Crippen molar-refractivity contribution in [3.63, 3.8) is 0 Å². The van der Waals surface area contributed by atoms with Gasteiger partial charge in [-0.25, -0.2) is 0 Å². The topological polar surface area (TPSA) is 74.4 Å². The average Bonchev–Trinajstić information content (AvgIpc) is 3.35. The fourth-order valence-electron chi connectivity index (χ4n) is 3.03. The lowest BCUT2D eigenvalue weighted by molar-refractivity contribution is -0.145. The molecule has 2 aromatic rings. The van der Waals surface area contributed by atoms with Gasteiger partial charge in [-0.05, 0) is 30.9 Å². The van der Waals surface area contributed by atoms with Gasteiger partial charge in [-0.2, -0.15) is 0 Å². The number of hydrogen-bond acceptors (Lipinski definition) is 5. The number of carbonyl (C=O) groups is 2. The van der Waals surface area contributed by atoms with Crippen molar-refractivity contribution in [3.05, 3.63) is 36.0 Å². The van der Waals surface area contributed by atoms with Crippen LogP contribution in [0.1, 0.15) is 18.4 Å². The van der Waals surface area contributed by atoms with Crippen LogP contribution in [-0.4, -0.2) is 58.1 Å². The third-order valence-electron chi connectivity index (χ3n) is 4.43. The van der Waals surface area contributed by atoms with E-state index >= 15 is 0 Å². The van der Waals surface area contributed by atoms with E-state index in [0.717, 1.165) is 46.7 Å². The number of thiocarbonyl (C=S) groups is 1. The Morgan fingerprint density at radius 3 is 2.85 bits per heavy atom. The molecule has 3 rings (SSSR count). The minimum Gasteiger partial charge on any atom is -0.455 e. The van der Waals surface area contributed by atoms with Crippen molar-refractivity contribution in [2.75, 3.05) is 32.0 Å². The van der Waals surface area contributed by atoms with E-state index in [0.29, 0.717) is 13.0 Å². The molecule has 0 atom stereocenters. The van der Waals surface area contributed by atoms with E-state index in [2.05, 4.69) is 21.3 Å². The Kier molecular flexibility index (Phi) is 7.11. The highest BCUT2D eigenvalue weighted by molar-refractivity contribution is 8.23. The monoisotopic (exact) mass is 405 g/mol. The van der Waals surface area contributed by atoms with Crippen molar-refractivity contribution in [2.24, 2.45) is 0 Å². The molecule has 0 bridgehead atoms. The summed E-state index contributed by atoms with van der Waals surface area (Å²) in [5, 5.41) is 3.94. The molecule has 8 heteroatoms. The number of rotatable bonds is 7. The van der Waals surface area contributed by atoms with Gasteiger partial charge in [-0.3, -0.25) is 9.59 Å². The second-order valence-electron chi connectivity index (χ2n) is 6.37. The highest BCUT2D eigenvalue weighted by Crippen LogP contribution is 2.18. The third-order valence-corrected chi connectivity index (χ3v) is 5.93. The first-order valence-electron chi connectivity index (χ1n) is 9.02. The van der Waals surface area contributed by atoms with Crippen LogP contribution >= 0.6 is 24.0 Å². The molecule has 0 saturated carbocycles. The number of carbonyl (C=O) groups excluding carboxylic acids is 2. The predicted molar refractivity (Wildman–Crippen MR) is 112 cm³/mol. The Morgan fingerprint density at radius 1 is 1.26 bits per heavy atom. The summed E-state index contributed by atoms with van der Waals surface area (Å²) < 4.78 is 5.75. The molecule has 1 aromatic carbocycles. The lowest BCUT2D eigenvalue weighted by Crippen LogP contribution is -2.31. The first-order valence-corrected chi connectivity index (χ1v) is 10.4. The van der Waals surface area contributed by atoms with E-state index in [1.165, 1.54) is 11.8 Å². The van der Waals surface area contributed by atoms with Gasteiger partial charge < -0.3 is 19.9 Å². The van der Waals surface area contributed by atoms with Crippen LogP contribution in [0.5, 0.6) is 0 Å². The third kappa shape index (κ3) is 5.71. The van der Waals surface area contributed by atoms with Crippen LogP contribution < -0.4 is 5.32 Å². The summed E-state index contributed by atoms with van der Waals surface area (Å²) in [6.45, 7) is 2.15. The van der Waals surface area contributed by atoms with E-state index in [9.17, 15) is 9.59 Å². The molecule has 0 spiro atoms. The summed E-state index contributed by atoms with van der Waals surface area (Å²) >= 11 is 6.60. The van der Waals surface area contributed by atoms with Crippen molar-refractivity contribution in [2.45, 2.75) is 19.3 Å². The lowest BCUT2D eigenvalue weighted by atomic mass is 10.1. The molecule has 2 heterocycles. The number of esters is 1. The standard InChI is InChI=1S/C19H23N3O3S2/c23-17(12-25-18(24)13-27-19(26)22-9-3-4-10-22)20-8-7-14-11-21-16-6-2-1-5-15(14)16/h1-2,5-6,11,21H,3-4,7-10,12-13H2,(H,20,23). The number of hydrogen-bond donors (Lipinski definition) is 2. The van der Waals surface area contributed by atoms with Gasteiger partial charge in [0.2, 0.25) is 0 Å². The number of thioether (sulfide) groups is 1. The van der Waals surface area contributed by atoms with Crippen molar-refractivity contribution < 1.29 is 14.3 Å². The molecular weight excluding hydrogens is 382 g/mol. The molecule has 0 unspecified atom stereocenters. The maximum absolute atomic E-state index is 11.8. The Morgan fingerprint density at radius 2 is 2.04 bits per heavy atom. The molecule has 1 aliphatic rings. The molecule has 1 aromatic heterocycles. The number of aromatic nitrogens is 1. The van der Waals surface area contributed by atoms with Gasteiger partial charge in [-0.15, -0.1) is 0 Å². The summed E-state index contributed by atoms with van der Waals surface area (Å²) in [5.74, 6) is -0.582. The summed E-state index contributed by atoms with van der Waals surface area (Å²) in [6.07, 6.45) is 4.95. The normalized spacial score (nSPS) is 13.7. The van der Waals surface area contributed by atoms with Gasteiger partial charge >= 0.3 is 5.97 Å². The van der Waals surface area contributed by atoms with E-state index in [1.807, 2.05) is 24.4 Å². The van der Waals surface area contributed by atoms with Crippen LogP contribution in [0.2, 0.25) is 0 Å². The van der Waals surface area contributed by atoms with Crippen molar-refractivity contribution in [3.8, 4) is 0 Å². The fourth-order valence-corrected chi connectivity index (χ4v) is 4.07. The zero-order chi connectivity index (χ0) is 19.1. The number of ether oxygens (including phenoxy) is 1. The van der Waals surface area contributed by atoms with Gasteiger partial charge in [0.1, 0.15) is 4.32 Å². The average molecular weight is 406 g/mol. The molecule has 1 saturated heterocycles. The van der Waals surface area contributed by atoms with Crippen LogP contribution in [0.25, 0.3) is 10.9 Å². The highest BCUT2D eigenvalue weighted by atomic mass is 32.2. The SMILES string of the molecule is O=C(COC(=O)CSC(=S)N1CCCC1)NCCc1c[nH]c2ccccc12. The molecule has 1 aliphatic heterocycles. The first-order chi connectivity index (χ1) is 13.1. The molecule has 6 nitrogen and oxygen atoms in total. The number of nitrogens with zero attached hydrogens (tertiary/aromatic N) is 1. The Balaban J connectivity index is 1.31. The van der Waals surface area contributed by atoms with E-state index in [-0.39, 0.29) is 18.3 Å². The quantitative estimate of drug-likeness (QED) is 0.545. The van der Waals surface area contributed by atoms with Gasteiger partial charge in [0.15, 0.2) is 6.61 Å². The van der Waals surface area contributed by atoms with Crippen molar-refractivity contribution >= 4 is 51.1 Å². The highest BCUT2D eigenvalue weighted by Gasteiger charge is 2.17. The molecule has 0 radical (unpaired) electrons. The number of H-pyrrole nitrogens is 1. The number of fused-ring (bicyclic) bond motifs is 1. The Labute approximate surface area is 168 Å². The first kappa shape index (κ1) is 19.7. The molecule has 27 heavy (non-hydrogen) atoms. The molecule has 144 valence electrons. The Hall–Kier alpha value is -2.06. The summed E-state index contributed by atoms with van der Waals surface area (Å²) in [6, 6.07) is 8.04. The molecular formula is C19H23N3O3S2. The molecule has 0 aliphatic carbocycles. The Bertz CT molecular complexity index is 815. The zero-order valence-electron chi connectivity index (χ0n) is 15.0. The fraction of sp³-hybridized carbons (Fsp3) is 0.421. The van der Waals surface area contributed by atoms with Crippen LogP contribution in [0, 0.1) is 0 Å².